The Morgan fingerprint density at radius 2 is 2.35 bits per heavy atom. The molecule has 0 bridgehead atoms. The smallest absolute Gasteiger partial charge is 0.303 e. The fourth-order valence-corrected chi connectivity index (χ4v) is 2.76. The fraction of sp³-hybridized carbons (Fsp3) is 0.615. The van der Waals surface area contributed by atoms with Crippen molar-refractivity contribution in [1.82, 2.24) is 9.88 Å². The van der Waals surface area contributed by atoms with Crippen LogP contribution < -0.4 is 0 Å². The molecule has 1 aromatic rings. The molecule has 1 aliphatic rings. The highest BCUT2D eigenvalue weighted by Gasteiger charge is 2.29. The topological polar surface area (TPSA) is 56.3 Å². The number of nitrogens with zero attached hydrogens (tertiary/aromatic N) is 1. The summed E-state index contributed by atoms with van der Waals surface area (Å²) in [5.41, 5.74) is 2.66. The van der Waals surface area contributed by atoms with Crippen molar-refractivity contribution in [3.05, 3.63) is 23.5 Å². The molecule has 94 valence electrons. The summed E-state index contributed by atoms with van der Waals surface area (Å²) in [5, 5.41) is 8.76. The molecule has 4 nitrogen and oxygen atoms in total. The van der Waals surface area contributed by atoms with Gasteiger partial charge in [-0.3, -0.25) is 4.79 Å². The molecule has 2 unspecified atom stereocenters. The molecule has 0 aromatic carbocycles. The third kappa shape index (κ3) is 2.69. The summed E-state index contributed by atoms with van der Waals surface area (Å²) in [5.74, 6) is -0.215. The second-order valence-corrected chi connectivity index (χ2v) is 5.13. The van der Waals surface area contributed by atoms with E-state index in [0.717, 1.165) is 19.3 Å². The first-order valence-electron chi connectivity index (χ1n) is 6.12. The van der Waals surface area contributed by atoms with Crippen LogP contribution in [0.25, 0.3) is 0 Å². The summed E-state index contributed by atoms with van der Waals surface area (Å²) >= 11 is 0. The molecule has 1 heterocycles. The zero-order valence-corrected chi connectivity index (χ0v) is 10.4. The number of aromatic amines is 1. The van der Waals surface area contributed by atoms with Gasteiger partial charge in [0.2, 0.25) is 0 Å². The van der Waals surface area contributed by atoms with Crippen molar-refractivity contribution in [2.24, 2.45) is 5.92 Å². The average molecular weight is 236 g/mol. The van der Waals surface area contributed by atoms with Crippen LogP contribution in [-0.2, 0) is 11.2 Å². The summed E-state index contributed by atoms with van der Waals surface area (Å²) in [7, 11) is 4.17. The zero-order valence-electron chi connectivity index (χ0n) is 10.4. The van der Waals surface area contributed by atoms with Gasteiger partial charge in [0, 0.05) is 24.4 Å². The maximum atomic E-state index is 10.6. The molecule has 0 saturated heterocycles. The maximum Gasteiger partial charge on any atom is 0.303 e. The molecule has 0 radical (unpaired) electrons. The number of rotatable bonds is 4. The van der Waals surface area contributed by atoms with Gasteiger partial charge in [-0.05, 0) is 50.9 Å². The monoisotopic (exact) mass is 236 g/mol. The molecule has 0 aliphatic heterocycles. The Balaban J connectivity index is 2.08. The second-order valence-electron chi connectivity index (χ2n) is 5.13. The van der Waals surface area contributed by atoms with E-state index in [9.17, 15) is 4.79 Å². The zero-order chi connectivity index (χ0) is 12.4. The van der Waals surface area contributed by atoms with Gasteiger partial charge < -0.3 is 15.0 Å². The number of H-pyrrole nitrogens is 1. The van der Waals surface area contributed by atoms with Crippen molar-refractivity contribution in [2.75, 3.05) is 14.1 Å². The Bertz CT molecular complexity index is 398. The number of carbonyl (C=O) groups is 1. The number of hydrogen-bond acceptors (Lipinski definition) is 2. The lowest BCUT2D eigenvalue weighted by atomic mass is 9.81. The van der Waals surface area contributed by atoms with E-state index in [-0.39, 0.29) is 6.42 Å². The quantitative estimate of drug-likeness (QED) is 0.841. The van der Waals surface area contributed by atoms with Crippen LogP contribution in [0.1, 0.15) is 36.6 Å². The van der Waals surface area contributed by atoms with Crippen LogP contribution in [0, 0.1) is 5.92 Å². The van der Waals surface area contributed by atoms with Gasteiger partial charge in [0.05, 0.1) is 0 Å². The predicted octanol–water partition coefficient (Wildman–Crippen LogP) is 2.04. The van der Waals surface area contributed by atoms with Crippen molar-refractivity contribution >= 4 is 5.97 Å². The number of aromatic nitrogens is 1. The first-order chi connectivity index (χ1) is 8.08. The highest BCUT2D eigenvalue weighted by atomic mass is 16.4. The van der Waals surface area contributed by atoms with E-state index in [1.807, 2.05) is 6.20 Å². The highest BCUT2D eigenvalue weighted by molar-refractivity contribution is 5.66. The first kappa shape index (κ1) is 12.2. The standard InChI is InChI=1S/C13H20N2O2/c1-15(2)12-8-9(3-4-13(16)17)7-11-10(12)5-6-14-11/h5-6,9,12,14H,3-4,7-8H2,1-2H3,(H,16,17). The second kappa shape index (κ2) is 4.92. The Morgan fingerprint density at radius 3 is 3.00 bits per heavy atom. The normalized spacial score (nSPS) is 23.7. The van der Waals surface area contributed by atoms with Crippen molar-refractivity contribution in [2.45, 2.75) is 31.7 Å². The van der Waals surface area contributed by atoms with E-state index in [4.69, 9.17) is 5.11 Å². The minimum Gasteiger partial charge on any atom is -0.481 e. The molecule has 1 aliphatic carbocycles. The van der Waals surface area contributed by atoms with Gasteiger partial charge in [0.15, 0.2) is 0 Å². The number of fused-ring (bicyclic) bond motifs is 1. The van der Waals surface area contributed by atoms with Gasteiger partial charge in [-0.1, -0.05) is 0 Å². The molecule has 2 N–H and O–H groups in total. The molecule has 0 saturated carbocycles. The molecule has 0 amide bonds. The van der Waals surface area contributed by atoms with Crippen LogP contribution in [-0.4, -0.2) is 35.1 Å². The van der Waals surface area contributed by atoms with Crippen molar-refractivity contribution in [1.29, 1.82) is 0 Å². The van der Waals surface area contributed by atoms with Crippen molar-refractivity contribution in [3.63, 3.8) is 0 Å². The van der Waals surface area contributed by atoms with Crippen LogP contribution in [0.15, 0.2) is 12.3 Å². The number of aliphatic carboxylic acids is 1. The molecule has 17 heavy (non-hydrogen) atoms. The molecule has 0 fully saturated rings. The third-order valence-corrected chi connectivity index (χ3v) is 3.67. The molecule has 2 rings (SSSR count). The molecule has 2 atom stereocenters. The van der Waals surface area contributed by atoms with E-state index in [2.05, 4.69) is 30.0 Å². The van der Waals surface area contributed by atoms with Gasteiger partial charge in [0.25, 0.3) is 0 Å². The van der Waals surface area contributed by atoms with E-state index < -0.39 is 5.97 Å². The summed E-state index contributed by atoms with van der Waals surface area (Å²) in [6.45, 7) is 0. The summed E-state index contributed by atoms with van der Waals surface area (Å²) < 4.78 is 0. The van der Waals surface area contributed by atoms with E-state index in [0.29, 0.717) is 12.0 Å². The summed E-state index contributed by atoms with van der Waals surface area (Å²) in [6, 6.07) is 2.57. The number of carboxylic acid groups (broad SMARTS) is 1. The molecular formula is C13H20N2O2. The molecule has 4 heteroatoms. The van der Waals surface area contributed by atoms with Crippen molar-refractivity contribution < 1.29 is 9.90 Å². The van der Waals surface area contributed by atoms with Gasteiger partial charge >= 0.3 is 5.97 Å². The van der Waals surface area contributed by atoms with Crippen LogP contribution in [0.3, 0.4) is 0 Å². The van der Waals surface area contributed by atoms with Crippen LogP contribution in [0.2, 0.25) is 0 Å². The Labute approximate surface area is 102 Å². The summed E-state index contributed by atoms with van der Waals surface area (Å²) in [4.78, 5) is 16.1. The third-order valence-electron chi connectivity index (χ3n) is 3.67. The maximum absolute atomic E-state index is 10.6. The highest BCUT2D eigenvalue weighted by Crippen LogP contribution is 2.37. The van der Waals surface area contributed by atoms with Gasteiger partial charge in [0.1, 0.15) is 0 Å². The Hall–Kier alpha value is -1.29. The SMILES string of the molecule is CN(C)C1CC(CCC(=O)O)Cc2[nH]ccc21. The lowest BCUT2D eigenvalue weighted by Crippen LogP contribution is -2.28. The van der Waals surface area contributed by atoms with E-state index in [1.54, 1.807) is 0 Å². The average Bonchev–Trinajstić information content (AvgIpc) is 2.72. The Morgan fingerprint density at radius 1 is 1.59 bits per heavy atom. The van der Waals surface area contributed by atoms with Gasteiger partial charge in [-0.2, -0.15) is 0 Å². The minimum atomic E-state index is -0.691. The number of carboxylic acids is 1. The number of nitrogens with one attached hydrogen (secondary N) is 1. The van der Waals surface area contributed by atoms with E-state index in [1.165, 1.54) is 11.3 Å². The Kier molecular flexibility index (Phi) is 3.52. The minimum absolute atomic E-state index is 0.279. The van der Waals surface area contributed by atoms with Gasteiger partial charge in [-0.15, -0.1) is 0 Å². The lowest BCUT2D eigenvalue weighted by molar-refractivity contribution is -0.137. The number of hydrogen-bond donors (Lipinski definition) is 2. The lowest BCUT2D eigenvalue weighted by Gasteiger charge is -2.33. The van der Waals surface area contributed by atoms with Crippen LogP contribution >= 0.6 is 0 Å². The largest absolute Gasteiger partial charge is 0.481 e. The predicted molar refractivity (Wildman–Crippen MR) is 65.9 cm³/mol. The van der Waals surface area contributed by atoms with Crippen LogP contribution in [0.4, 0.5) is 0 Å². The fourth-order valence-electron chi connectivity index (χ4n) is 2.76. The molecule has 0 spiro atoms. The van der Waals surface area contributed by atoms with Crippen molar-refractivity contribution in [3.8, 4) is 0 Å². The van der Waals surface area contributed by atoms with Crippen LogP contribution in [0.5, 0.6) is 0 Å². The van der Waals surface area contributed by atoms with Gasteiger partial charge in [-0.25, -0.2) is 0 Å². The molecule has 1 aromatic heterocycles. The first-order valence-corrected chi connectivity index (χ1v) is 6.12. The van der Waals surface area contributed by atoms with E-state index >= 15 is 0 Å². The summed E-state index contributed by atoms with van der Waals surface area (Å²) in [6.07, 6.45) is 5.09. The molecular weight excluding hydrogens is 216 g/mol.